The molecule has 0 aliphatic carbocycles. The smallest absolute Gasteiger partial charge is 0.239 e. The van der Waals surface area contributed by atoms with Gasteiger partial charge in [0, 0.05) is 17.4 Å². The molecule has 1 unspecified atom stereocenters. The second-order valence-electron chi connectivity index (χ2n) is 7.31. The van der Waals surface area contributed by atoms with Crippen molar-refractivity contribution in [3.8, 4) is 28.8 Å². The number of benzene rings is 1. The van der Waals surface area contributed by atoms with Crippen LogP contribution < -0.4 is 14.2 Å². The number of halogens is 1. The van der Waals surface area contributed by atoms with Crippen LogP contribution in [0.15, 0.2) is 53.1 Å². The lowest BCUT2D eigenvalue weighted by atomic mass is 10.2. The molecule has 0 bridgehead atoms. The van der Waals surface area contributed by atoms with Crippen LogP contribution in [0.3, 0.4) is 0 Å². The molecule has 0 fully saturated rings. The first-order chi connectivity index (χ1) is 16.0. The average molecular weight is 470 g/mol. The number of nitrogens with one attached hydrogen (secondary N) is 1. The molecular formula is C23H24FN5O3S. The summed E-state index contributed by atoms with van der Waals surface area (Å²) in [5, 5.41) is 8.85. The number of pyridine rings is 1. The zero-order valence-electron chi connectivity index (χ0n) is 18.7. The molecule has 3 heterocycles. The highest BCUT2D eigenvalue weighted by Gasteiger charge is 2.24. The van der Waals surface area contributed by atoms with E-state index in [4.69, 9.17) is 13.9 Å². The molecule has 10 heteroatoms. The van der Waals surface area contributed by atoms with Gasteiger partial charge in [0.05, 0.1) is 20.4 Å². The summed E-state index contributed by atoms with van der Waals surface area (Å²) < 4.78 is 35.3. The van der Waals surface area contributed by atoms with Gasteiger partial charge in [0.15, 0.2) is 5.76 Å². The lowest BCUT2D eigenvalue weighted by Crippen LogP contribution is -2.10. The van der Waals surface area contributed by atoms with Crippen LogP contribution in [0.2, 0.25) is 0 Å². The fourth-order valence-corrected chi connectivity index (χ4v) is 4.04. The Morgan fingerprint density at radius 2 is 1.85 bits per heavy atom. The van der Waals surface area contributed by atoms with Crippen molar-refractivity contribution in [3.05, 3.63) is 65.9 Å². The van der Waals surface area contributed by atoms with E-state index in [2.05, 4.69) is 19.9 Å². The molecule has 4 rings (SSSR count). The molecule has 33 heavy (non-hydrogen) atoms. The molecule has 3 aromatic heterocycles. The van der Waals surface area contributed by atoms with E-state index < -0.39 is 0 Å². The molecule has 0 radical (unpaired) electrons. The zero-order valence-corrected chi connectivity index (χ0v) is 19.5. The third-order valence-corrected chi connectivity index (χ3v) is 5.76. The highest BCUT2D eigenvalue weighted by atomic mass is 32.2. The Balaban J connectivity index is 1.68. The molecule has 0 aliphatic rings. The third-order valence-electron chi connectivity index (χ3n) is 4.89. The van der Waals surface area contributed by atoms with Gasteiger partial charge in [0.2, 0.25) is 11.8 Å². The Kier molecular flexibility index (Phi) is 6.83. The minimum atomic E-state index is -0.350. The molecule has 0 saturated heterocycles. The van der Waals surface area contributed by atoms with Gasteiger partial charge in [-0.05, 0) is 55.3 Å². The van der Waals surface area contributed by atoms with E-state index in [1.807, 2.05) is 48.7 Å². The van der Waals surface area contributed by atoms with E-state index >= 15 is 0 Å². The van der Waals surface area contributed by atoms with E-state index in [-0.39, 0.29) is 11.1 Å². The van der Waals surface area contributed by atoms with Crippen LogP contribution in [0.25, 0.3) is 17.3 Å². The fraction of sp³-hybridized carbons (Fsp3) is 0.261. The maximum atomic E-state index is 13.1. The molecule has 172 valence electrons. The first-order valence-corrected chi connectivity index (χ1v) is 11.1. The van der Waals surface area contributed by atoms with Gasteiger partial charge in [-0.2, -0.15) is 0 Å². The van der Waals surface area contributed by atoms with Gasteiger partial charge in [-0.3, -0.25) is 14.3 Å². The normalized spacial score (nSPS) is 11.9. The maximum absolute atomic E-state index is 13.1. The largest absolute Gasteiger partial charge is 0.494 e. The second-order valence-corrected chi connectivity index (χ2v) is 8.55. The van der Waals surface area contributed by atoms with E-state index in [0.717, 1.165) is 11.5 Å². The molecule has 0 spiro atoms. The van der Waals surface area contributed by atoms with E-state index in [0.29, 0.717) is 41.1 Å². The van der Waals surface area contributed by atoms with Crippen molar-refractivity contribution in [1.29, 1.82) is 0 Å². The predicted octanol–water partition coefficient (Wildman–Crippen LogP) is 5.08. The average Bonchev–Trinajstić information content (AvgIpc) is 3.44. The Hall–Kier alpha value is -3.53. The molecule has 0 aliphatic heterocycles. The van der Waals surface area contributed by atoms with Crippen LogP contribution in [0.4, 0.5) is 10.3 Å². The Labute approximate surface area is 195 Å². The van der Waals surface area contributed by atoms with Crippen molar-refractivity contribution in [2.75, 3.05) is 18.9 Å². The molecule has 4 aromatic rings. The first-order valence-electron chi connectivity index (χ1n) is 10.3. The molecule has 0 saturated carbocycles. The number of methoxy groups -OCH3 is 2. The quantitative estimate of drug-likeness (QED) is 0.340. The number of furan rings is 1. The summed E-state index contributed by atoms with van der Waals surface area (Å²) in [5.74, 6) is 3.14. The van der Waals surface area contributed by atoms with E-state index in [9.17, 15) is 4.39 Å². The van der Waals surface area contributed by atoms with E-state index in [1.54, 1.807) is 20.3 Å². The van der Waals surface area contributed by atoms with Crippen LogP contribution in [0, 0.1) is 12.7 Å². The molecule has 1 atom stereocenters. The number of anilines is 1. The van der Waals surface area contributed by atoms with Gasteiger partial charge >= 0.3 is 0 Å². The summed E-state index contributed by atoms with van der Waals surface area (Å²) in [4.78, 5) is 4.14. The van der Waals surface area contributed by atoms with Crippen LogP contribution >= 0.6 is 11.9 Å². The number of aryl methyl sites for hydroxylation is 1. The number of ether oxygens (including phenoxy) is 2. The Bertz CT molecular complexity index is 1200. The molecular weight excluding hydrogens is 445 g/mol. The van der Waals surface area contributed by atoms with Crippen molar-refractivity contribution in [2.24, 2.45) is 0 Å². The molecule has 1 N–H and O–H groups in total. The monoisotopic (exact) mass is 469 g/mol. The van der Waals surface area contributed by atoms with Crippen molar-refractivity contribution in [3.63, 3.8) is 0 Å². The van der Waals surface area contributed by atoms with Gasteiger partial charge in [0.1, 0.15) is 28.8 Å². The number of nitrogens with zero attached hydrogens (tertiary/aromatic N) is 4. The lowest BCUT2D eigenvalue weighted by molar-refractivity contribution is 0.391. The zero-order chi connectivity index (χ0) is 23.4. The number of rotatable bonds is 9. The van der Waals surface area contributed by atoms with Gasteiger partial charge < -0.3 is 13.9 Å². The number of para-hydroxylation sites is 1. The van der Waals surface area contributed by atoms with Gasteiger partial charge in [-0.15, -0.1) is 10.2 Å². The summed E-state index contributed by atoms with van der Waals surface area (Å²) in [6, 6.07) is 12.3. The third kappa shape index (κ3) is 4.95. The van der Waals surface area contributed by atoms with Crippen molar-refractivity contribution >= 4 is 17.9 Å². The lowest BCUT2D eigenvalue weighted by Gasteiger charge is -2.18. The Morgan fingerprint density at radius 1 is 1.09 bits per heavy atom. The first kappa shape index (κ1) is 22.7. The second kappa shape index (κ2) is 9.95. The maximum Gasteiger partial charge on any atom is 0.239 e. The summed E-state index contributed by atoms with van der Waals surface area (Å²) in [6.07, 6.45) is 1.87. The molecule has 8 nitrogen and oxygen atoms in total. The van der Waals surface area contributed by atoms with Crippen LogP contribution in [-0.4, -0.2) is 39.2 Å². The minimum absolute atomic E-state index is 0.113. The summed E-state index contributed by atoms with van der Waals surface area (Å²) >= 11 is 1.46. The van der Waals surface area contributed by atoms with Gasteiger partial charge in [-0.1, -0.05) is 13.0 Å². The summed E-state index contributed by atoms with van der Waals surface area (Å²) in [5.41, 5.74) is 1.45. The Morgan fingerprint density at radius 3 is 2.45 bits per heavy atom. The van der Waals surface area contributed by atoms with Crippen molar-refractivity contribution in [1.82, 2.24) is 19.7 Å². The van der Waals surface area contributed by atoms with Gasteiger partial charge in [-0.25, -0.2) is 4.39 Å². The summed E-state index contributed by atoms with van der Waals surface area (Å²) in [6.45, 7) is 3.91. The van der Waals surface area contributed by atoms with Crippen LogP contribution in [0.1, 0.15) is 18.4 Å². The molecule has 0 amide bonds. The number of hydrogen-bond acceptors (Lipinski definition) is 8. The molecule has 1 aromatic carbocycles. The van der Waals surface area contributed by atoms with E-state index in [1.165, 1.54) is 24.2 Å². The topological polar surface area (TPSA) is 87.2 Å². The predicted molar refractivity (Wildman–Crippen MR) is 125 cm³/mol. The SMILES string of the molecule is COc1cccc(OC)c1-n1c(NSC(C)Cc2ccc(F)cn2)nnc1-c1ccc(C)o1. The fourth-order valence-electron chi connectivity index (χ4n) is 3.35. The standard InChI is InChI=1S/C23H24FN5O3S/c1-14-8-11-20(32-14)22-26-27-23(28-33-15(2)12-17-10-9-16(24)13-25-17)29(22)21-18(30-3)6-5-7-19(21)31-4/h5-11,13,15H,12H2,1-4H3,(H,27,28). The van der Waals surface area contributed by atoms with Crippen LogP contribution in [0.5, 0.6) is 11.5 Å². The summed E-state index contributed by atoms with van der Waals surface area (Å²) in [7, 11) is 3.19. The highest BCUT2D eigenvalue weighted by Crippen LogP contribution is 2.38. The minimum Gasteiger partial charge on any atom is -0.494 e. The van der Waals surface area contributed by atoms with Gasteiger partial charge in [0.25, 0.3) is 0 Å². The number of hydrogen-bond donors (Lipinski definition) is 1. The number of aromatic nitrogens is 4. The highest BCUT2D eigenvalue weighted by molar-refractivity contribution is 8.01. The van der Waals surface area contributed by atoms with Crippen molar-refractivity contribution in [2.45, 2.75) is 25.5 Å². The van der Waals surface area contributed by atoms with Crippen molar-refractivity contribution < 1.29 is 18.3 Å². The van der Waals surface area contributed by atoms with Crippen LogP contribution in [-0.2, 0) is 6.42 Å².